The zero-order valence-electron chi connectivity index (χ0n) is 8.63. The van der Waals surface area contributed by atoms with Gasteiger partial charge in [-0.3, -0.25) is 0 Å². The van der Waals surface area contributed by atoms with Crippen LogP contribution in [0.15, 0.2) is 18.2 Å². The number of rotatable bonds is 2. The van der Waals surface area contributed by atoms with Crippen LogP contribution in [0.5, 0.6) is 5.75 Å². The summed E-state index contributed by atoms with van der Waals surface area (Å²) < 4.78 is 10.7. The molecular formula is C11H14ClNO2. The summed E-state index contributed by atoms with van der Waals surface area (Å²) in [5, 5.41) is 4.08. The van der Waals surface area contributed by atoms with E-state index in [-0.39, 0.29) is 6.04 Å². The molecule has 4 heteroatoms. The fraction of sp³-hybridized carbons (Fsp3) is 0.455. The van der Waals surface area contributed by atoms with Gasteiger partial charge in [-0.05, 0) is 12.1 Å². The Labute approximate surface area is 94.3 Å². The maximum Gasteiger partial charge on any atom is 0.125 e. The largest absolute Gasteiger partial charge is 0.496 e. The highest BCUT2D eigenvalue weighted by Crippen LogP contribution is 2.32. The van der Waals surface area contributed by atoms with Gasteiger partial charge in [-0.1, -0.05) is 17.7 Å². The second kappa shape index (κ2) is 4.84. The van der Waals surface area contributed by atoms with Crippen LogP contribution >= 0.6 is 11.6 Å². The molecule has 1 N–H and O–H groups in total. The van der Waals surface area contributed by atoms with Gasteiger partial charge in [-0.25, -0.2) is 0 Å². The normalized spacial score (nSPS) is 21.3. The van der Waals surface area contributed by atoms with Crippen LogP contribution in [0.25, 0.3) is 0 Å². The molecule has 0 amide bonds. The van der Waals surface area contributed by atoms with Gasteiger partial charge in [0, 0.05) is 17.1 Å². The monoisotopic (exact) mass is 227 g/mol. The van der Waals surface area contributed by atoms with Crippen molar-refractivity contribution >= 4 is 11.6 Å². The van der Waals surface area contributed by atoms with Crippen LogP contribution in [-0.2, 0) is 4.74 Å². The van der Waals surface area contributed by atoms with Gasteiger partial charge < -0.3 is 14.8 Å². The molecule has 0 bridgehead atoms. The minimum Gasteiger partial charge on any atom is -0.496 e. The fourth-order valence-corrected chi connectivity index (χ4v) is 2.08. The molecule has 0 aromatic heterocycles. The average molecular weight is 228 g/mol. The summed E-state index contributed by atoms with van der Waals surface area (Å²) in [4.78, 5) is 0. The summed E-state index contributed by atoms with van der Waals surface area (Å²) in [6, 6.07) is 5.80. The lowest BCUT2D eigenvalue weighted by Crippen LogP contribution is -2.34. The first kappa shape index (κ1) is 10.7. The molecule has 0 spiro atoms. The van der Waals surface area contributed by atoms with Crippen molar-refractivity contribution in [1.82, 2.24) is 5.32 Å². The molecule has 1 unspecified atom stereocenters. The summed E-state index contributed by atoms with van der Waals surface area (Å²) in [5.41, 5.74) is 0.987. The third-order valence-electron chi connectivity index (χ3n) is 2.50. The highest BCUT2D eigenvalue weighted by atomic mass is 35.5. The van der Waals surface area contributed by atoms with E-state index in [2.05, 4.69) is 5.32 Å². The number of hydrogen-bond donors (Lipinski definition) is 1. The van der Waals surface area contributed by atoms with Crippen LogP contribution in [0, 0.1) is 0 Å². The summed E-state index contributed by atoms with van der Waals surface area (Å²) in [7, 11) is 1.65. The van der Waals surface area contributed by atoms with Crippen molar-refractivity contribution in [2.75, 3.05) is 26.9 Å². The number of benzene rings is 1. The number of halogens is 1. The van der Waals surface area contributed by atoms with Gasteiger partial charge >= 0.3 is 0 Å². The number of hydrogen-bond acceptors (Lipinski definition) is 3. The summed E-state index contributed by atoms with van der Waals surface area (Å²) in [6.45, 7) is 2.24. The molecule has 0 saturated carbocycles. The maximum absolute atomic E-state index is 6.17. The fourth-order valence-electron chi connectivity index (χ4n) is 1.78. The van der Waals surface area contributed by atoms with E-state index in [1.807, 2.05) is 18.2 Å². The van der Waals surface area contributed by atoms with Gasteiger partial charge in [0.1, 0.15) is 5.75 Å². The maximum atomic E-state index is 6.17. The van der Waals surface area contributed by atoms with Crippen LogP contribution in [-0.4, -0.2) is 26.9 Å². The van der Waals surface area contributed by atoms with Crippen molar-refractivity contribution in [3.63, 3.8) is 0 Å². The number of morpholine rings is 1. The molecule has 3 nitrogen and oxygen atoms in total. The van der Waals surface area contributed by atoms with Crippen LogP contribution < -0.4 is 10.1 Å². The molecule has 2 rings (SSSR count). The molecule has 82 valence electrons. The third kappa shape index (κ3) is 2.25. The average Bonchev–Trinajstić information content (AvgIpc) is 2.29. The van der Waals surface area contributed by atoms with Crippen molar-refractivity contribution in [2.45, 2.75) is 6.04 Å². The molecule has 1 aliphatic heterocycles. The SMILES string of the molecule is COc1cccc(Cl)c1C1COCCN1. The van der Waals surface area contributed by atoms with Crippen LogP contribution in [0.4, 0.5) is 0 Å². The lowest BCUT2D eigenvalue weighted by molar-refractivity contribution is 0.0761. The van der Waals surface area contributed by atoms with Gasteiger partial charge in [0.15, 0.2) is 0 Å². The first-order chi connectivity index (χ1) is 7.33. The Hall–Kier alpha value is -0.770. The lowest BCUT2D eigenvalue weighted by atomic mass is 10.1. The topological polar surface area (TPSA) is 30.5 Å². The molecule has 1 atom stereocenters. The Kier molecular flexibility index (Phi) is 3.46. The minimum absolute atomic E-state index is 0.127. The van der Waals surface area contributed by atoms with Crippen LogP contribution in [0.1, 0.15) is 11.6 Å². The Balaban J connectivity index is 2.31. The van der Waals surface area contributed by atoms with Crippen molar-refractivity contribution in [1.29, 1.82) is 0 Å². The number of ether oxygens (including phenoxy) is 2. The number of nitrogens with one attached hydrogen (secondary N) is 1. The van der Waals surface area contributed by atoms with Gasteiger partial charge in [0.05, 0.1) is 26.4 Å². The van der Waals surface area contributed by atoms with Crippen molar-refractivity contribution in [2.24, 2.45) is 0 Å². The summed E-state index contributed by atoms with van der Waals surface area (Å²) >= 11 is 6.17. The second-order valence-electron chi connectivity index (χ2n) is 3.44. The van der Waals surface area contributed by atoms with E-state index in [1.54, 1.807) is 7.11 Å². The first-order valence-corrected chi connectivity index (χ1v) is 5.34. The lowest BCUT2D eigenvalue weighted by Gasteiger charge is -2.26. The molecule has 15 heavy (non-hydrogen) atoms. The van der Waals surface area contributed by atoms with E-state index in [9.17, 15) is 0 Å². The van der Waals surface area contributed by atoms with Gasteiger partial charge in [-0.15, -0.1) is 0 Å². The predicted octanol–water partition coefficient (Wildman–Crippen LogP) is 2.01. The summed E-state index contributed by atoms with van der Waals surface area (Å²) in [6.07, 6.45) is 0. The van der Waals surface area contributed by atoms with Crippen molar-refractivity contribution in [3.05, 3.63) is 28.8 Å². The Morgan fingerprint density at radius 3 is 3.07 bits per heavy atom. The zero-order chi connectivity index (χ0) is 10.7. The Bertz CT molecular complexity index is 337. The Morgan fingerprint density at radius 2 is 2.40 bits per heavy atom. The first-order valence-electron chi connectivity index (χ1n) is 4.96. The molecule has 1 aliphatic rings. The number of methoxy groups -OCH3 is 1. The quantitative estimate of drug-likeness (QED) is 0.839. The molecule has 1 aromatic carbocycles. The predicted molar refractivity (Wildman–Crippen MR) is 59.6 cm³/mol. The zero-order valence-corrected chi connectivity index (χ0v) is 9.38. The molecule has 1 aromatic rings. The highest BCUT2D eigenvalue weighted by molar-refractivity contribution is 6.31. The Morgan fingerprint density at radius 1 is 1.53 bits per heavy atom. The van der Waals surface area contributed by atoms with E-state index in [0.29, 0.717) is 6.61 Å². The standard InChI is InChI=1S/C11H14ClNO2/c1-14-10-4-2-3-8(12)11(10)9-7-15-6-5-13-9/h2-4,9,13H,5-7H2,1H3. The van der Waals surface area contributed by atoms with Crippen molar-refractivity contribution < 1.29 is 9.47 Å². The highest BCUT2D eigenvalue weighted by Gasteiger charge is 2.21. The molecule has 1 heterocycles. The van der Waals surface area contributed by atoms with Crippen LogP contribution in [0.2, 0.25) is 5.02 Å². The van der Waals surface area contributed by atoms with Crippen molar-refractivity contribution in [3.8, 4) is 5.75 Å². The van der Waals surface area contributed by atoms with E-state index in [4.69, 9.17) is 21.1 Å². The molecule has 1 fully saturated rings. The van der Waals surface area contributed by atoms with E-state index in [1.165, 1.54) is 0 Å². The van der Waals surface area contributed by atoms with Gasteiger partial charge in [0.2, 0.25) is 0 Å². The van der Waals surface area contributed by atoms with E-state index in [0.717, 1.165) is 29.5 Å². The smallest absolute Gasteiger partial charge is 0.125 e. The summed E-state index contributed by atoms with van der Waals surface area (Å²) in [5.74, 6) is 0.811. The molecule has 1 saturated heterocycles. The molecular weight excluding hydrogens is 214 g/mol. The molecule has 0 aliphatic carbocycles. The third-order valence-corrected chi connectivity index (χ3v) is 2.83. The van der Waals surface area contributed by atoms with Gasteiger partial charge in [0.25, 0.3) is 0 Å². The van der Waals surface area contributed by atoms with Gasteiger partial charge in [-0.2, -0.15) is 0 Å². The molecule has 0 radical (unpaired) electrons. The van der Waals surface area contributed by atoms with E-state index < -0.39 is 0 Å². The second-order valence-corrected chi connectivity index (χ2v) is 3.84. The van der Waals surface area contributed by atoms with E-state index >= 15 is 0 Å². The van der Waals surface area contributed by atoms with Crippen LogP contribution in [0.3, 0.4) is 0 Å². The minimum atomic E-state index is 0.127.